The number of morpholine rings is 1. The first-order chi connectivity index (χ1) is 18.4. The van der Waals surface area contributed by atoms with Crippen molar-refractivity contribution in [3.63, 3.8) is 0 Å². The van der Waals surface area contributed by atoms with Gasteiger partial charge in [-0.1, -0.05) is 18.2 Å². The monoisotopic (exact) mass is 532 g/mol. The number of hydrogen-bond donors (Lipinski definition) is 0. The lowest BCUT2D eigenvalue weighted by Gasteiger charge is -2.27. The van der Waals surface area contributed by atoms with Gasteiger partial charge in [-0.05, 0) is 55.1 Å². The summed E-state index contributed by atoms with van der Waals surface area (Å²) < 4.78 is 12.3. The van der Waals surface area contributed by atoms with E-state index < -0.39 is 0 Å². The number of carbonyl (C=O) groups excluding carboxylic acids is 3. The van der Waals surface area contributed by atoms with Crippen LogP contribution in [0.2, 0.25) is 0 Å². The number of esters is 1. The Kier molecular flexibility index (Phi) is 7.62. The van der Waals surface area contributed by atoms with Crippen LogP contribution in [0.5, 0.6) is 0 Å². The Morgan fingerprint density at radius 2 is 1.84 bits per heavy atom. The zero-order valence-electron chi connectivity index (χ0n) is 21.3. The van der Waals surface area contributed by atoms with Crippen LogP contribution in [0.3, 0.4) is 0 Å². The summed E-state index contributed by atoms with van der Waals surface area (Å²) in [5, 5.41) is 1.50. The number of ether oxygens (including phenoxy) is 2. The average molecular weight is 533 g/mol. The molecule has 0 saturated carbocycles. The first-order valence-electron chi connectivity index (χ1n) is 12.4. The van der Waals surface area contributed by atoms with Crippen molar-refractivity contribution in [3.8, 4) is 0 Å². The molecule has 0 radical (unpaired) electrons. The SMILES string of the molecule is CCOC(=O)c1ccc(N=C2S/C(=C\c3cn(CC(=O)N4CCOCC4)c4ccccc34)C(=O)N2C)cc1. The molecule has 5 rings (SSSR count). The number of fused-ring (bicyclic) bond motifs is 1. The van der Waals surface area contributed by atoms with E-state index in [-0.39, 0.29) is 24.3 Å². The Morgan fingerprint density at radius 1 is 1.11 bits per heavy atom. The average Bonchev–Trinajstić information content (AvgIpc) is 3.41. The molecule has 0 aliphatic carbocycles. The molecule has 0 spiro atoms. The lowest BCUT2D eigenvalue weighted by molar-refractivity contribution is -0.135. The molecule has 9 nitrogen and oxygen atoms in total. The minimum Gasteiger partial charge on any atom is -0.462 e. The predicted molar refractivity (Wildman–Crippen MR) is 147 cm³/mol. The van der Waals surface area contributed by atoms with Crippen LogP contribution in [0.4, 0.5) is 5.69 Å². The molecule has 2 aromatic carbocycles. The van der Waals surface area contributed by atoms with Gasteiger partial charge in [0.05, 0.1) is 36.0 Å². The summed E-state index contributed by atoms with van der Waals surface area (Å²) in [7, 11) is 1.69. The zero-order chi connectivity index (χ0) is 26.6. The molecule has 196 valence electrons. The van der Waals surface area contributed by atoms with Gasteiger partial charge in [-0.25, -0.2) is 9.79 Å². The van der Waals surface area contributed by atoms with E-state index in [1.807, 2.05) is 46.0 Å². The predicted octanol–water partition coefficient (Wildman–Crippen LogP) is 3.91. The summed E-state index contributed by atoms with van der Waals surface area (Å²) in [6.45, 7) is 4.60. The highest BCUT2D eigenvalue weighted by Gasteiger charge is 2.31. The number of rotatable bonds is 6. The second kappa shape index (κ2) is 11.2. The Hall–Kier alpha value is -3.89. The van der Waals surface area contributed by atoms with E-state index in [1.54, 1.807) is 38.2 Å². The maximum atomic E-state index is 13.1. The molecule has 10 heteroatoms. The maximum absolute atomic E-state index is 13.1. The van der Waals surface area contributed by atoms with Gasteiger partial charge >= 0.3 is 5.97 Å². The third kappa shape index (κ3) is 5.36. The molecule has 0 unspecified atom stereocenters. The topological polar surface area (TPSA) is 93.4 Å². The number of carbonyl (C=O) groups is 3. The molecule has 0 N–H and O–H groups in total. The van der Waals surface area contributed by atoms with Crippen molar-refractivity contribution in [1.82, 2.24) is 14.4 Å². The second-order valence-corrected chi connectivity index (χ2v) is 9.87. The van der Waals surface area contributed by atoms with Crippen molar-refractivity contribution in [3.05, 3.63) is 70.8 Å². The number of benzene rings is 2. The van der Waals surface area contributed by atoms with Gasteiger partial charge < -0.3 is 18.9 Å². The van der Waals surface area contributed by atoms with E-state index in [1.165, 1.54) is 16.7 Å². The lowest BCUT2D eigenvalue weighted by atomic mass is 10.1. The molecule has 38 heavy (non-hydrogen) atoms. The van der Waals surface area contributed by atoms with E-state index in [9.17, 15) is 14.4 Å². The van der Waals surface area contributed by atoms with Crippen molar-refractivity contribution in [2.45, 2.75) is 13.5 Å². The minimum atomic E-state index is -0.384. The number of nitrogens with zero attached hydrogens (tertiary/aromatic N) is 4. The van der Waals surface area contributed by atoms with Gasteiger partial charge in [0.25, 0.3) is 5.91 Å². The molecule has 3 heterocycles. The van der Waals surface area contributed by atoms with Crippen LogP contribution in [-0.4, -0.2) is 77.3 Å². The minimum absolute atomic E-state index is 0.0442. The van der Waals surface area contributed by atoms with Crippen molar-refractivity contribution < 1.29 is 23.9 Å². The van der Waals surface area contributed by atoms with Crippen LogP contribution in [0.25, 0.3) is 17.0 Å². The quantitative estimate of drug-likeness (QED) is 0.353. The number of para-hydroxylation sites is 1. The lowest BCUT2D eigenvalue weighted by Crippen LogP contribution is -2.42. The van der Waals surface area contributed by atoms with Crippen LogP contribution in [0.15, 0.2) is 64.6 Å². The van der Waals surface area contributed by atoms with Gasteiger partial charge in [-0.3, -0.25) is 14.5 Å². The van der Waals surface area contributed by atoms with E-state index >= 15 is 0 Å². The Bertz CT molecular complexity index is 1440. The highest BCUT2D eigenvalue weighted by molar-refractivity contribution is 8.18. The second-order valence-electron chi connectivity index (χ2n) is 8.86. The Labute approximate surface area is 224 Å². The molecule has 0 bridgehead atoms. The molecule has 2 aliphatic rings. The number of aromatic nitrogens is 1. The highest BCUT2D eigenvalue weighted by atomic mass is 32.2. The Morgan fingerprint density at radius 3 is 2.58 bits per heavy atom. The summed E-state index contributed by atoms with van der Waals surface area (Å²) in [4.78, 5) is 46.3. The van der Waals surface area contributed by atoms with Crippen LogP contribution in [0, 0.1) is 0 Å². The third-order valence-corrected chi connectivity index (χ3v) is 7.44. The number of hydrogen-bond acceptors (Lipinski definition) is 7. The summed E-state index contributed by atoms with van der Waals surface area (Å²) in [5.74, 6) is -0.494. The fourth-order valence-electron chi connectivity index (χ4n) is 4.37. The van der Waals surface area contributed by atoms with Crippen molar-refractivity contribution >= 4 is 57.4 Å². The first-order valence-corrected chi connectivity index (χ1v) is 13.2. The zero-order valence-corrected chi connectivity index (χ0v) is 22.1. The van der Waals surface area contributed by atoms with E-state index in [4.69, 9.17) is 9.47 Å². The number of aliphatic imine (C=N–C) groups is 1. The van der Waals surface area contributed by atoms with Crippen molar-refractivity contribution in [2.75, 3.05) is 40.0 Å². The van der Waals surface area contributed by atoms with Crippen molar-refractivity contribution in [1.29, 1.82) is 0 Å². The van der Waals surface area contributed by atoms with Gasteiger partial charge in [0.2, 0.25) is 5.91 Å². The van der Waals surface area contributed by atoms with Crippen LogP contribution in [-0.2, 0) is 25.6 Å². The molecule has 2 fully saturated rings. The molecule has 1 aromatic heterocycles. The number of amidine groups is 1. The molecule has 2 aliphatic heterocycles. The molecule has 2 amide bonds. The van der Waals surface area contributed by atoms with Crippen LogP contribution < -0.4 is 0 Å². The molecule has 0 atom stereocenters. The van der Waals surface area contributed by atoms with Crippen LogP contribution >= 0.6 is 11.8 Å². The van der Waals surface area contributed by atoms with Gasteiger partial charge in [-0.2, -0.15) is 0 Å². The van der Waals surface area contributed by atoms with Gasteiger partial charge in [-0.15, -0.1) is 0 Å². The summed E-state index contributed by atoms with van der Waals surface area (Å²) in [5.41, 5.74) is 2.86. The fourth-order valence-corrected chi connectivity index (χ4v) is 5.35. The largest absolute Gasteiger partial charge is 0.462 e. The molecular formula is C28H28N4O5S. The maximum Gasteiger partial charge on any atom is 0.338 e. The number of likely N-dealkylation sites (N-methyl/N-ethyl adjacent to an activating group) is 1. The summed E-state index contributed by atoms with van der Waals surface area (Å²) in [6.07, 6.45) is 3.78. The fraction of sp³-hybridized carbons (Fsp3) is 0.286. The molecule has 2 saturated heterocycles. The van der Waals surface area contributed by atoms with Gasteiger partial charge in [0.1, 0.15) is 6.54 Å². The van der Waals surface area contributed by atoms with E-state index in [2.05, 4.69) is 4.99 Å². The number of amides is 2. The first kappa shape index (κ1) is 25.7. The third-order valence-electron chi connectivity index (χ3n) is 6.38. The number of thioether (sulfide) groups is 1. The normalized spacial score (nSPS) is 18.1. The standard InChI is InChI=1S/C28H28N4O5S/c1-3-37-27(35)19-8-10-21(11-9-19)29-28-30(2)26(34)24(38-28)16-20-17-32(23-7-5-4-6-22(20)23)18-25(33)31-12-14-36-15-13-31/h4-11,16-17H,3,12-15,18H2,1-2H3/b24-16-,29-28?. The van der Waals surface area contributed by atoms with E-state index in [0.29, 0.717) is 54.2 Å². The smallest absolute Gasteiger partial charge is 0.338 e. The molecule has 3 aromatic rings. The van der Waals surface area contributed by atoms with E-state index in [0.717, 1.165) is 16.5 Å². The van der Waals surface area contributed by atoms with Gasteiger partial charge in [0.15, 0.2) is 5.17 Å². The Balaban J connectivity index is 1.39. The molecular weight excluding hydrogens is 504 g/mol. The van der Waals surface area contributed by atoms with Gasteiger partial charge in [0, 0.05) is 42.8 Å². The van der Waals surface area contributed by atoms with Crippen LogP contribution in [0.1, 0.15) is 22.8 Å². The highest BCUT2D eigenvalue weighted by Crippen LogP contribution is 2.35. The van der Waals surface area contributed by atoms with Crippen molar-refractivity contribution in [2.24, 2.45) is 4.99 Å². The summed E-state index contributed by atoms with van der Waals surface area (Å²) >= 11 is 1.29. The summed E-state index contributed by atoms with van der Waals surface area (Å²) in [6, 6.07) is 14.6.